The van der Waals surface area contributed by atoms with Crippen LogP contribution in [0.15, 0.2) is 6.20 Å². The van der Waals surface area contributed by atoms with E-state index in [1.807, 2.05) is 0 Å². The zero-order valence-electron chi connectivity index (χ0n) is 16.4. The molecule has 2 aromatic heterocycles. The normalized spacial score (nSPS) is 20.5. The van der Waals surface area contributed by atoms with Crippen molar-refractivity contribution in [3.63, 3.8) is 0 Å². The number of hydrogen-bond donors (Lipinski definition) is 1. The van der Waals surface area contributed by atoms with Crippen LogP contribution in [-0.2, 0) is 14.3 Å². The van der Waals surface area contributed by atoms with Crippen LogP contribution in [0.4, 0.5) is 27.9 Å². The molecule has 1 aliphatic rings. The Labute approximate surface area is 172 Å². The molecule has 1 fully saturated rings. The molecule has 0 aromatic carbocycles. The minimum Gasteiger partial charge on any atom is -0.458 e. The number of hydrogen-bond acceptors (Lipinski definition) is 7. The van der Waals surface area contributed by atoms with E-state index >= 15 is 0 Å². The number of nitriles is 1. The van der Waals surface area contributed by atoms with Gasteiger partial charge in [0.25, 0.3) is 6.43 Å². The van der Waals surface area contributed by atoms with Crippen molar-refractivity contribution < 1.29 is 36.2 Å². The second kappa shape index (κ2) is 8.62. The monoisotopic (exact) mass is 447 g/mol. The van der Waals surface area contributed by atoms with E-state index in [4.69, 9.17) is 9.47 Å². The third-order valence-corrected chi connectivity index (χ3v) is 4.93. The molecule has 3 atom stereocenters. The molecule has 31 heavy (non-hydrogen) atoms. The highest BCUT2D eigenvalue weighted by Gasteiger charge is 2.42. The van der Waals surface area contributed by atoms with Crippen molar-refractivity contribution in [1.82, 2.24) is 14.6 Å². The summed E-state index contributed by atoms with van der Waals surface area (Å²) < 4.78 is 78.5. The van der Waals surface area contributed by atoms with E-state index < -0.39 is 59.0 Å². The Kier molecular flexibility index (Phi) is 6.30. The predicted octanol–water partition coefficient (Wildman–Crippen LogP) is 3.34. The van der Waals surface area contributed by atoms with E-state index in [-0.39, 0.29) is 12.6 Å². The summed E-state index contributed by atoms with van der Waals surface area (Å²) in [5.74, 6) is -2.96. The smallest absolute Gasteiger partial charge is 0.397 e. The molecule has 0 bridgehead atoms. The Morgan fingerprint density at radius 2 is 2.16 bits per heavy atom. The van der Waals surface area contributed by atoms with E-state index in [1.54, 1.807) is 0 Å². The van der Waals surface area contributed by atoms with Gasteiger partial charge in [-0.15, -0.1) is 5.10 Å². The van der Waals surface area contributed by atoms with Crippen molar-refractivity contribution in [3.05, 3.63) is 23.0 Å². The van der Waals surface area contributed by atoms with Gasteiger partial charge in [0.1, 0.15) is 12.2 Å². The SMILES string of the molecule is CC(=O)OC1COCCC1Nc1ncc2c(C(F)F)c(C#N)c(C(C)C(F)(F)F)n2n1. The van der Waals surface area contributed by atoms with E-state index in [9.17, 15) is 32.0 Å². The van der Waals surface area contributed by atoms with Crippen molar-refractivity contribution in [2.24, 2.45) is 0 Å². The molecule has 3 unspecified atom stereocenters. The van der Waals surface area contributed by atoms with Crippen LogP contribution in [0.25, 0.3) is 5.52 Å². The third kappa shape index (κ3) is 4.53. The van der Waals surface area contributed by atoms with Gasteiger partial charge in [0.15, 0.2) is 0 Å². The minimum absolute atomic E-state index is 0.0908. The molecular formula is C18H18F5N5O3. The summed E-state index contributed by atoms with van der Waals surface area (Å²) in [6, 6.07) is 0.940. The molecule has 0 radical (unpaired) electrons. The minimum atomic E-state index is -4.79. The molecule has 0 amide bonds. The van der Waals surface area contributed by atoms with Gasteiger partial charge < -0.3 is 14.8 Å². The molecule has 0 spiro atoms. The Hall–Kier alpha value is -3.01. The van der Waals surface area contributed by atoms with E-state index in [0.29, 0.717) is 17.5 Å². The molecule has 1 aliphatic heterocycles. The summed E-state index contributed by atoms with van der Waals surface area (Å²) in [7, 11) is 0. The Bertz CT molecular complexity index is 1020. The lowest BCUT2D eigenvalue weighted by Crippen LogP contribution is -2.44. The molecule has 3 rings (SSSR count). The molecular weight excluding hydrogens is 429 g/mol. The third-order valence-electron chi connectivity index (χ3n) is 4.93. The van der Waals surface area contributed by atoms with Crippen molar-refractivity contribution in [2.75, 3.05) is 18.5 Å². The zero-order chi connectivity index (χ0) is 22.9. The summed E-state index contributed by atoms with van der Waals surface area (Å²) in [5, 5.41) is 16.1. The molecule has 1 saturated heterocycles. The maximum atomic E-state index is 13.6. The number of esters is 1. The molecule has 8 nitrogen and oxygen atoms in total. The fourth-order valence-electron chi connectivity index (χ4n) is 3.42. The van der Waals surface area contributed by atoms with Gasteiger partial charge in [-0.2, -0.15) is 18.4 Å². The number of carbonyl (C=O) groups excluding carboxylic acids is 1. The fourth-order valence-corrected chi connectivity index (χ4v) is 3.42. The Morgan fingerprint density at radius 3 is 2.74 bits per heavy atom. The number of ether oxygens (including phenoxy) is 2. The lowest BCUT2D eigenvalue weighted by molar-refractivity contribution is -0.153. The highest BCUT2D eigenvalue weighted by Crippen LogP contribution is 2.41. The first-order valence-corrected chi connectivity index (χ1v) is 9.22. The lowest BCUT2D eigenvalue weighted by atomic mass is 10.0. The second-order valence-corrected chi connectivity index (χ2v) is 6.99. The van der Waals surface area contributed by atoms with Crippen molar-refractivity contribution in [2.45, 2.75) is 50.9 Å². The molecule has 13 heteroatoms. The summed E-state index contributed by atoms with van der Waals surface area (Å²) in [6.45, 7) is 2.40. The van der Waals surface area contributed by atoms with E-state index in [1.165, 1.54) is 13.0 Å². The van der Waals surface area contributed by atoms with Crippen LogP contribution in [0, 0.1) is 11.3 Å². The maximum Gasteiger partial charge on any atom is 0.397 e. The van der Waals surface area contributed by atoms with Gasteiger partial charge in [0, 0.05) is 13.5 Å². The standard InChI is InChI=1S/C18H18F5N5O3/c1-8(18(21,22)23)15-10(5-24)14(16(19)20)12-6-25-17(27-28(12)15)26-11-3-4-30-7-13(11)31-9(2)29/h6,8,11,13,16H,3-4,7H2,1-2H3,(H,26,27). The topological polar surface area (TPSA) is 102 Å². The van der Waals surface area contributed by atoms with Crippen LogP contribution in [0.5, 0.6) is 0 Å². The molecule has 1 N–H and O–H groups in total. The van der Waals surface area contributed by atoms with Crippen molar-refractivity contribution >= 4 is 17.4 Å². The quantitative estimate of drug-likeness (QED) is 0.554. The average molecular weight is 447 g/mol. The number of rotatable bonds is 5. The van der Waals surface area contributed by atoms with Crippen LogP contribution in [0.3, 0.4) is 0 Å². The predicted molar refractivity (Wildman–Crippen MR) is 95.5 cm³/mol. The van der Waals surface area contributed by atoms with Crippen molar-refractivity contribution in [3.8, 4) is 6.07 Å². The van der Waals surface area contributed by atoms with E-state index in [0.717, 1.165) is 13.1 Å². The number of aromatic nitrogens is 3. The number of carbonyl (C=O) groups is 1. The van der Waals surface area contributed by atoms with Gasteiger partial charge in [-0.05, 0) is 13.3 Å². The summed E-state index contributed by atoms with van der Waals surface area (Å²) >= 11 is 0. The zero-order valence-corrected chi connectivity index (χ0v) is 16.4. The maximum absolute atomic E-state index is 13.6. The highest BCUT2D eigenvalue weighted by atomic mass is 19.4. The van der Waals surface area contributed by atoms with Crippen LogP contribution < -0.4 is 5.32 Å². The highest BCUT2D eigenvalue weighted by molar-refractivity contribution is 5.66. The van der Waals surface area contributed by atoms with E-state index in [2.05, 4.69) is 15.4 Å². The summed E-state index contributed by atoms with van der Waals surface area (Å²) in [6.07, 6.45) is -7.38. The molecule has 3 heterocycles. The van der Waals surface area contributed by atoms with Gasteiger partial charge in [-0.3, -0.25) is 4.79 Å². The lowest BCUT2D eigenvalue weighted by Gasteiger charge is -2.31. The van der Waals surface area contributed by atoms with Crippen LogP contribution in [0.1, 0.15) is 49.4 Å². The molecule has 0 saturated carbocycles. The van der Waals surface area contributed by atoms with Crippen LogP contribution in [-0.4, -0.2) is 52.1 Å². The Morgan fingerprint density at radius 1 is 1.45 bits per heavy atom. The molecule has 2 aromatic rings. The summed E-state index contributed by atoms with van der Waals surface area (Å²) in [4.78, 5) is 15.2. The number of alkyl halides is 5. The number of nitrogens with zero attached hydrogens (tertiary/aromatic N) is 4. The first kappa shape index (κ1) is 22.7. The molecule has 0 aliphatic carbocycles. The summed E-state index contributed by atoms with van der Waals surface area (Å²) in [5.41, 5.74) is -2.74. The molecule has 168 valence electrons. The van der Waals surface area contributed by atoms with Gasteiger partial charge >= 0.3 is 12.1 Å². The fraction of sp³-hybridized carbons (Fsp3) is 0.556. The second-order valence-electron chi connectivity index (χ2n) is 6.99. The van der Waals surface area contributed by atoms with Gasteiger partial charge in [0.2, 0.25) is 5.95 Å². The van der Waals surface area contributed by atoms with Crippen molar-refractivity contribution in [1.29, 1.82) is 5.26 Å². The van der Waals surface area contributed by atoms with Gasteiger partial charge in [0.05, 0.1) is 47.1 Å². The number of nitrogens with one attached hydrogen (secondary N) is 1. The largest absolute Gasteiger partial charge is 0.458 e. The average Bonchev–Trinajstić information content (AvgIpc) is 3.01. The number of halogens is 5. The number of fused-ring (bicyclic) bond motifs is 1. The Balaban J connectivity index is 2.08. The van der Waals surface area contributed by atoms with Gasteiger partial charge in [-0.1, -0.05) is 0 Å². The first-order chi connectivity index (χ1) is 14.5. The van der Waals surface area contributed by atoms with Gasteiger partial charge in [-0.25, -0.2) is 18.3 Å². The number of anilines is 1. The first-order valence-electron chi connectivity index (χ1n) is 9.22. The van der Waals surface area contributed by atoms with Crippen LogP contribution >= 0.6 is 0 Å². The van der Waals surface area contributed by atoms with Crippen LogP contribution in [0.2, 0.25) is 0 Å².